The molecule has 0 aliphatic carbocycles. The fraction of sp³-hybridized carbons (Fsp3) is 0. The number of hydrogen-bond donors (Lipinski definition) is 0. The standard InChI is InChI=1S/C24H12F2N2Se2/c25-15-5-1-13(2-6-15)23-27-17-9-12-20-22-18(10-11-19(29-23)21(17)22)28-24(30-20)14-3-7-16(26)8-4-14/h1-12H. The topological polar surface area (TPSA) is 24.7 Å². The van der Waals surface area contributed by atoms with Crippen molar-refractivity contribution in [3.8, 4) is 0 Å². The van der Waals surface area contributed by atoms with Gasteiger partial charge in [-0.2, -0.15) is 0 Å². The molecule has 0 fully saturated rings. The predicted molar refractivity (Wildman–Crippen MR) is 120 cm³/mol. The summed E-state index contributed by atoms with van der Waals surface area (Å²) in [6.07, 6.45) is 0. The fourth-order valence-corrected chi connectivity index (χ4v) is 8.07. The van der Waals surface area contributed by atoms with Crippen molar-refractivity contribution in [3.63, 3.8) is 0 Å². The Bertz CT molecular complexity index is 1280. The third-order valence-electron chi connectivity index (χ3n) is 5.08. The summed E-state index contributed by atoms with van der Waals surface area (Å²) < 4.78 is 31.2. The van der Waals surface area contributed by atoms with Gasteiger partial charge >= 0.3 is 185 Å². The number of hydrogen-bond acceptors (Lipinski definition) is 2. The van der Waals surface area contributed by atoms with E-state index in [2.05, 4.69) is 24.3 Å². The summed E-state index contributed by atoms with van der Waals surface area (Å²) in [5, 5.41) is 2.39. The van der Waals surface area contributed by atoms with Crippen LogP contribution >= 0.6 is 0 Å². The number of rotatable bonds is 2. The Morgan fingerprint density at radius 3 is 1.30 bits per heavy atom. The SMILES string of the molecule is Fc1ccc(C2=Nc3ccc4c5c(ccc(c35)[Se]2)N=C(c2ccc(F)cc2)[Se]4)cc1. The zero-order valence-electron chi connectivity index (χ0n) is 15.4. The first-order valence-electron chi connectivity index (χ1n) is 9.30. The molecule has 6 rings (SSSR count). The second kappa shape index (κ2) is 6.97. The van der Waals surface area contributed by atoms with E-state index < -0.39 is 0 Å². The van der Waals surface area contributed by atoms with Crippen molar-refractivity contribution in [2.24, 2.45) is 9.98 Å². The first-order valence-corrected chi connectivity index (χ1v) is 12.7. The Hall–Kier alpha value is -2.62. The molecule has 4 aromatic rings. The minimum absolute atomic E-state index is 0.0376. The van der Waals surface area contributed by atoms with Gasteiger partial charge in [-0.1, -0.05) is 0 Å². The van der Waals surface area contributed by atoms with Gasteiger partial charge in [-0.15, -0.1) is 0 Å². The third-order valence-corrected chi connectivity index (χ3v) is 9.61. The average Bonchev–Trinajstić information content (AvgIpc) is 2.78. The zero-order valence-corrected chi connectivity index (χ0v) is 18.8. The van der Waals surface area contributed by atoms with Crippen LogP contribution in [-0.4, -0.2) is 39.1 Å². The van der Waals surface area contributed by atoms with Crippen LogP contribution in [0, 0.1) is 11.6 Å². The summed E-state index contributed by atoms with van der Waals surface area (Å²) in [6.45, 7) is 0. The van der Waals surface area contributed by atoms with Gasteiger partial charge in [0.2, 0.25) is 0 Å². The summed E-state index contributed by atoms with van der Waals surface area (Å²) in [4.78, 5) is 9.86. The van der Waals surface area contributed by atoms with Gasteiger partial charge in [0.15, 0.2) is 0 Å². The van der Waals surface area contributed by atoms with E-state index in [1.807, 2.05) is 0 Å². The van der Waals surface area contributed by atoms with Crippen LogP contribution in [0.15, 0.2) is 82.8 Å². The fourth-order valence-electron chi connectivity index (χ4n) is 3.66. The molecule has 0 bridgehead atoms. The van der Waals surface area contributed by atoms with Gasteiger partial charge in [0.1, 0.15) is 0 Å². The Kier molecular flexibility index (Phi) is 4.22. The van der Waals surface area contributed by atoms with Crippen molar-refractivity contribution in [1.29, 1.82) is 0 Å². The Morgan fingerprint density at radius 2 is 0.900 bits per heavy atom. The zero-order chi connectivity index (χ0) is 20.2. The molecule has 30 heavy (non-hydrogen) atoms. The van der Waals surface area contributed by atoms with Crippen molar-refractivity contribution >= 4 is 70.2 Å². The second-order valence-electron chi connectivity index (χ2n) is 6.97. The Labute approximate surface area is 184 Å². The van der Waals surface area contributed by atoms with Crippen molar-refractivity contribution < 1.29 is 8.78 Å². The molecule has 0 amide bonds. The molecule has 2 nitrogen and oxygen atoms in total. The predicted octanol–water partition coefficient (Wildman–Crippen LogP) is 3.96. The third kappa shape index (κ3) is 2.96. The van der Waals surface area contributed by atoms with E-state index in [0.717, 1.165) is 31.7 Å². The van der Waals surface area contributed by atoms with E-state index in [-0.39, 0.29) is 41.5 Å². The van der Waals surface area contributed by atoms with Crippen molar-refractivity contribution in [3.05, 3.63) is 95.6 Å². The van der Waals surface area contributed by atoms with E-state index in [1.165, 1.54) is 44.0 Å². The number of benzene rings is 4. The van der Waals surface area contributed by atoms with Gasteiger partial charge in [0.25, 0.3) is 0 Å². The van der Waals surface area contributed by atoms with Gasteiger partial charge in [0.05, 0.1) is 0 Å². The molecule has 144 valence electrons. The van der Waals surface area contributed by atoms with E-state index in [1.54, 1.807) is 24.3 Å². The van der Waals surface area contributed by atoms with Crippen LogP contribution in [-0.2, 0) is 0 Å². The molecular weight excluding hydrogens is 512 g/mol. The molecule has 0 N–H and O–H groups in total. The molecule has 0 saturated heterocycles. The Balaban J connectivity index is 1.50. The van der Waals surface area contributed by atoms with Crippen LogP contribution in [0.3, 0.4) is 0 Å². The van der Waals surface area contributed by atoms with Gasteiger partial charge in [-0.05, 0) is 0 Å². The van der Waals surface area contributed by atoms with Crippen molar-refractivity contribution in [1.82, 2.24) is 0 Å². The van der Waals surface area contributed by atoms with Crippen LogP contribution < -0.4 is 8.92 Å². The molecule has 0 saturated carbocycles. The summed E-state index contributed by atoms with van der Waals surface area (Å²) in [7, 11) is 0. The van der Waals surface area contributed by atoms with Gasteiger partial charge in [0, 0.05) is 0 Å². The molecule has 2 aliphatic heterocycles. The molecule has 0 spiro atoms. The first kappa shape index (κ1) is 18.2. The Morgan fingerprint density at radius 1 is 0.500 bits per heavy atom. The average molecular weight is 524 g/mol. The molecule has 0 unspecified atom stereocenters. The maximum absolute atomic E-state index is 13.3. The second-order valence-corrected chi connectivity index (χ2v) is 11.3. The number of aliphatic imine (C=N–C) groups is 2. The molecule has 0 atom stereocenters. The van der Waals surface area contributed by atoms with Crippen molar-refractivity contribution in [2.45, 2.75) is 0 Å². The quantitative estimate of drug-likeness (QED) is 0.355. The first-order chi connectivity index (χ1) is 14.7. The molecule has 0 radical (unpaired) electrons. The molecule has 2 aliphatic rings. The molecule has 2 heterocycles. The van der Waals surface area contributed by atoms with Gasteiger partial charge < -0.3 is 0 Å². The number of nitrogens with zero attached hydrogens (tertiary/aromatic N) is 2. The van der Waals surface area contributed by atoms with Gasteiger partial charge in [-0.25, -0.2) is 0 Å². The van der Waals surface area contributed by atoms with E-state index in [4.69, 9.17) is 9.98 Å². The van der Waals surface area contributed by atoms with Crippen LogP contribution in [0.2, 0.25) is 0 Å². The normalized spacial score (nSPS) is 14.5. The van der Waals surface area contributed by atoms with E-state index in [9.17, 15) is 8.78 Å². The number of halogens is 2. The van der Waals surface area contributed by atoms with Crippen LogP contribution in [0.4, 0.5) is 20.2 Å². The van der Waals surface area contributed by atoms with Crippen LogP contribution in [0.25, 0.3) is 10.8 Å². The molecule has 0 aromatic heterocycles. The molecule has 4 aromatic carbocycles. The van der Waals surface area contributed by atoms with Crippen LogP contribution in [0.5, 0.6) is 0 Å². The minimum atomic E-state index is -0.237. The van der Waals surface area contributed by atoms with Crippen molar-refractivity contribution in [2.75, 3.05) is 0 Å². The summed E-state index contributed by atoms with van der Waals surface area (Å²) in [6, 6.07) is 21.6. The van der Waals surface area contributed by atoms with E-state index >= 15 is 0 Å². The summed E-state index contributed by atoms with van der Waals surface area (Å²) in [5.41, 5.74) is 3.84. The summed E-state index contributed by atoms with van der Waals surface area (Å²) >= 11 is 0.0753. The van der Waals surface area contributed by atoms with Gasteiger partial charge in [-0.3, -0.25) is 0 Å². The molecule has 6 heteroatoms. The molecular formula is C24H12F2N2Se2. The van der Waals surface area contributed by atoms with E-state index in [0.29, 0.717) is 0 Å². The maximum atomic E-state index is 13.3. The van der Waals surface area contributed by atoms with Crippen LogP contribution in [0.1, 0.15) is 11.1 Å². The summed E-state index contributed by atoms with van der Waals surface area (Å²) in [5.74, 6) is -0.475. The monoisotopic (exact) mass is 526 g/mol.